The molecule has 0 aromatic rings. The van der Waals surface area contributed by atoms with Gasteiger partial charge < -0.3 is 14.6 Å². The molecule has 0 radical (unpaired) electrons. The van der Waals surface area contributed by atoms with Gasteiger partial charge in [-0.3, -0.25) is 0 Å². The van der Waals surface area contributed by atoms with Crippen molar-refractivity contribution >= 4 is 0 Å². The largest absolute Gasteiger partial charge is 0.396 e. The first-order chi connectivity index (χ1) is 6.85. The van der Waals surface area contributed by atoms with Gasteiger partial charge in [-0.15, -0.1) is 0 Å². The molecule has 0 aliphatic carbocycles. The van der Waals surface area contributed by atoms with E-state index in [0.717, 1.165) is 32.1 Å². The zero-order valence-electron chi connectivity index (χ0n) is 9.24. The van der Waals surface area contributed by atoms with Crippen molar-refractivity contribution in [1.29, 1.82) is 0 Å². The quantitative estimate of drug-likeness (QED) is 0.353. The van der Waals surface area contributed by atoms with Crippen molar-refractivity contribution in [3.63, 3.8) is 0 Å². The first-order valence-corrected chi connectivity index (χ1v) is 5.16. The van der Waals surface area contributed by atoms with Gasteiger partial charge >= 0.3 is 0 Å². The standard InChI is InChI=1S/C11H22O3/c1-13-11(14-2)9-7-5-3-4-6-8-10-12/h5,7,11-12H,3-4,6,8-10H2,1-2H3. The third-order valence-electron chi connectivity index (χ3n) is 2.05. The van der Waals surface area contributed by atoms with Gasteiger partial charge in [0.15, 0.2) is 6.29 Å². The fourth-order valence-electron chi connectivity index (χ4n) is 1.16. The molecule has 0 atom stereocenters. The van der Waals surface area contributed by atoms with E-state index >= 15 is 0 Å². The molecule has 0 rings (SSSR count). The Morgan fingerprint density at radius 2 is 1.79 bits per heavy atom. The highest BCUT2D eigenvalue weighted by atomic mass is 16.7. The second-order valence-electron chi connectivity index (χ2n) is 3.18. The molecule has 0 aliphatic rings. The Bertz CT molecular complexity index is 130. The van der Waals surface area contributed by atoms with Crippen molar-refractivity contribution < 1.29 is 14.6 Å². The zero-order valence-corrected chi connectivity index (χ0v) is 9.24. The van der Waals surface area contributed by atoms with Crippen molar-refractivity contribution in [2.75, 3.05) is 20.8 Å². The van der Waals surface area contributed by atoms with E-state index in [1.807, 2.05) is 0 Å². The molecule has 14 heavy (non-hydrogen) atoms. The summed E-state index contributed by atoms with van der Waals surface area (Å²) in [6.45, 7) is 0.305. The summed E-state index contributed by atoms with van der Waals surface area (Å²) in [6, 6.07) is 0. The molecule has 0 aliphatic heterocycles. The molecule has 0 unspecified atom stereocenters. The fourth-order valence-corrected chi connectivity index (χ4v) is 1.16. The lowest BCUT2D eigenvalue weighted by atomic mass is 10.2. The van der Waals surface area contributed by atoms with E-state index in [4.69, 9.17) is 14.6 Å². The van der Waals surface area contributed by atoms with Gasteiger partial charge in [0.05, 0.1) is 0 Å². The van der Waals surface area contributed by atoms with Gasteiger partial charge in [-0.05, 0) is 19.3 Å². The predicted octanol–water partition coefficient (Wildman–Crippen LogP) is 2.10. The number of aliphatic hydroxyl groups is 1. The van der Waals surface area contributed by atoms with E-state index in [0.29, 0.717) is 6.61 Å². The zero-order chi connectivity index (χ0) is 10.6. The topological polar surface area (TPSA) is 38.7 Å². The number of unbranched alkanes of at least 4 members (excludes halogenated alkanes) is 3. The third-order valence-corrected chi connectivity index (χ3v) is 2.05. The second kappa shape index (κ2) is 10.7. The van der Waals surface area contributed by atoms with Gasteiger partial charge in [-0.1, -0.05) is 18.6 Å². The number of rotatable bonds is 9. The second-order valence-corrected chi connectivity index (χ2v) is 3.18. The molecule has 0 fully saturated rings. The highest BCUT2D eigenvalue weighted by Crippen LogP contribution is 2.03. The molecule has 3 heteroatoms. The third kappa shape index (κ3) is 8.23. The normalized spacial score (nSPS) is 11.7. The average molecular weight is 202 g/mol. The lowest BCUT2D eigenvalue weighted by Crippen LogP contribution is -2.10. The van der Waals surface area contributed by atoms with Crippen LogP contribution in [0.4, 0.5) is 0 Å². The molecule has 1 N–H and O–H groups in total. The minimum atomic E-state index is -0.122. The maximum absolute atomic E-state index is 8.55. The van der Waals surface area contributed by atoms with Crippen LogP contribution in [0.5, 0.6) is 0 Å². The molecule has 0 amide bonds. The maximum Gasteiger partial charge on any atom is 0.160 e. The summed E-state index contributed by atoms with van der Waals surface area (Å²) in [6.07, 6.45) is 9.11. The lowest BCUT2D eigenvalue weighted by molar-refractivity contribution is -0.0986. The van der Waals surface area contributed by atoms with Gasteiger partial charge in [-0.2, -0.15) is 0 Å². The number of ether oxygens (including phenoxy) is 2. The summed E-state index contributed by atoms with van der Waals surface area (Å²) < 4.78 is 10.1. The van der Waals surface area contributed by atoms with Crippen LogP contribution in [-0.4, -0.2) is 32.2 Å². The summed E-state index contributed by atoms with van der Waals surface area (Å²) in [5.41, 5.74) is 0. The molecule has 0 aromatic carbocycles. The van der Waals surface area contributed by atoms with E-state index in [1.54, 1.807) is 14.2 Å². The Kier molecular flexibility index (Phi) is 10.4. The Labute approximate surface area is 86.7 Å². The van der Waals surface area contributed by atoms with Crippen LogP contribution in [0.2, 0.25) is 0 Å². The summed E-state index contributed by atoms with van der Waals surface area (Å²) in [5.74, 6) is 0. The number of hydrogen-bond donors (Lipinski definition) is 1. The Morgan fingerprint density at radius 3 is 2.36 bits per heavy atom. The molecule has 0 heterocycles. The van der Waals surface area contributed by atoms with Gasteiger partial charge in [0, 0.05) is 27.2 Å². The molecule has 0 spiro atoms. The summed E-state index contributed by atoms with van der Waals surface area (Å²) in [7, 11) is 3.28. The first-order valence-electron chi connectivity index (χ1n) is 5.16. The van der Waals surface area contributed by atoms with Gasteiger partial charge in [-0.25, -0.2) is 0 Å². The molecule has 0 aromatic heterocycles. The van der Waals surface area contributed by atoms with Gasteiger partial charge in [0.25, 0.3) is 0 Å². The van der Waals surface area contributed by atoms with Crippen LogP contribution in [0.3, 0.4) is 0 Å². The Hall–Kier alpha value is -0.380. The smallest absolute Gasteiger partial charge is 0.160 e. The summed E-state index contributed by atoms with van der Waals surface area (Å²) in [4.78, 5) is 0. The average Bonchev–Trinajstić information content (AvgIpc) is 2.22. The monoisotopic (exact) mass is 202 g/mol. The Morgan fingerprint density at radius 1 is 1.07 bits per heavy atom. The van der Waals surface area contributed by atoms with Crippen molar-refractivity contribution in [2.24, 2.45) is 0 Å². The van der Waals surface area contributed by atoms with Crippen LogP contribution in [0.1, 0.15) is 32.1 Å². The minimum absolute atomic E-state index is 0.122. The fraction of sp³-hybridized carbons (Fsp3) is 0.818. The lowest BCUT2D eigenvalue weighted by Gasteiger charge is -2.09. The Balaban J connectivity index is 3.25. The van der Waals surface area contributed by atoms with E-state index < -0.39 is 0 Å². The molecule has 3 nitrogen and oxygen atoms in total. The van der Waals surface area contributed by atoms with E-state index in [9.17, 15) is 0 Å². The number of methoxy groups -OCH3 is 2. The van der Waals surface area contributed by atoms with Crippen molar-refractivity contribution in [3.8, 4) is 0 Å². The summed E-state index contributed by atoms with van der Waals surface area (Å²) >= 11 is 0. The van der Waals surface area contributed by atoms with Crippen LogP contribution >= 0.6 is 0 Å². The van der Waals surface area contributed by atoms with Crippen molar-refractivity contribution in [3.05, 3.63) is 12.2 Å². The number of aliphatic hydroxyl groups excluding tert-OH is 1. The SMILES string of the molecule is COC(CC=CCCCCCO)OC. The van der Waals surface area contributed by atoms with Crippen molar-refractivity contribution in [1.82, 2.24) is 0 Å². The van der Waals surface area contributed by atoms with Gasteiger partial charge in [0.2, 0.25) is 0 Å². The summed E-state index contributed by atoms with van der Waals surface area (Å²) in [5, 5.41) is 8.55. The molecular weight excluding hydrogens is 180 g/mol. The molecule has 0 saturated carbocycles. The van der Waals surface area contributed by atoms with E-state index in [1.165, 1.54) is 0 Å². The van der Waals surface area contributed by atoms with Crippen molar-refractivity contribution in [2.45, 2.75) is 38.4 Å². The maximum atomic E-state index is 8.55. The van der Waals surface area contributed by atoms with E-state index in [-0.39, 0.29) is 6.29 Å². The van der Waals surface area contributed by atoms with Gasteiger partial charge in [0.1, 0.15) is 0 Å². The van der Waals surface area contributed by atoms with E-state index in [2.05, 4.69) is 12.2 Å². The van der Waals surface area contributed by atoms with Crippen LogP contribution in [0, 0.1) is 0 Å². The van der Waals surface area contributed by atoms with Crippen LogP contribution in [-0.2, 0) is 9.47 Å². The highest BCUT2D eigenvalue weighted by Gasteiger charge is 1.99. The molecule has 0 saturated heterocycles. The van der Waals surface area contributed by atoms with Crippen LogP contribution < -0.4 is 0 Å². The van der Waals surface area contributed by atoms with Crippen LogP contribution in [0.15, 0.2) is 12.2 Å². The number of allylic oxidation sites excluding steroid dienone is 1. The number of hydrogen-bond acceptors (Lipinski definition) is 3. The predicted molar refractivity (Wildman–Crippen MR) is 57.1 cm³/mol. The van der Waals surface area contributed by atoms with Crippen LogP contribution in [0.25, 0.3) is 0 Å². The first kappa shape index (κ1) is 13.6. The minimum Gasteiger partial charge on any atom is -0.396 e. The molecular formula is C11H22O3. The highest BCUT2D eigenvalue weighted by molar-refractivity contribution is 4.82. The molecule has 84 valence electrons. The molecule has 0 bridgehead atoms.